The van der Waals surface area contributed by atoms with Gasteiger partial charge in [-0.05, 0) is 64.2 Å². The summed E-state index contributed by atoms with van der Waals surface area (Å²) in [4.78, 5) is 38.0. The standard InChI is InChI=1S/C57H106O6/c1-4-7-10-13-16-19-22-24-25-26-27-28-29-30-31-33-36-39-42-45-48-51-57(60)63-54(52-61-55(58)49-46-43-40-37-34-21-18-15-12-9-6-3)53-62-56(59)50-47-44-41-38-35-32-23-20-17-14-11-8-5-2/h15,18,20,23,54H,4-14,16-17,19,21-22,24-53H2,1-3H3/b18-15-,23-20-/t54-/m0/s1. The molecule has 0 saturated heterocycles. The monoisotopic (exact) mass is 887 g/mol. The minimum atomic E-state index is -0.773. The molecule has 1 atom stereocenters. The fourth-order valence-electron chi connectivity index (χ4n) is 8.18. The van der Waals surface area contributed by atoms with Crippen LogP contribution in [-0.2, 0) is 28.6 Å². The maximum atomic E-state index is 12.8. The lowest BCUT2D eigenvalue weighted by Gasteiger charge is -2.18. The summed E-state index contributed by atoms with van der Waals surface area (Å²) in [5.74, 6) is -0.876. The van der Waals surface area contributed by atoms with Crippen LogP contribution in [0.1, 0.15) is 303 Å². The van der Waals surface area contributed by atoms with E-state index in [0.29, 0.717) is 19.3 Å². The van der Waals surface area contributed by atoms with Crippen LogP contribution in [0.15, 0.2) is 24.3 Å². The third-order valence-corrected chi connectivity index (χ3v) is 12.4. The quantitative estimate of drug-likeness (QED) is 0.0262. The van der Waals surface area contributed by atoms with Gasteiger partial charge in [0.15, 0.2) is 6.10 Å². The molecule has 0 aliphatic heterocycles. The lowest BCUT2D eigenvalue weighted by Crippen LogP contribution is -2.30. The van der Waals surface area contributed by atoms with E-state index >= 15 is 0 Å². The van der Waals surface area contributed by atoms with Gasteiger partial charge in [0.25, 0.3) is 0 Å². The van der Waals surface area contributed by atoms with Crippen molar-refractivity contribution in [2.75, 3.05) is 13.2 Å². The maximum Gasteiger partial charge on any atom is 0.306 e. The summed E-state index contributed by atoms with van der Waals surface area (Å²) in [6.07, 6.45) is 60.3. The van der Waals surface area contributed by atoms with Gasteiger partial charge in [-0.15, -0.1) is 0 Å². The molecule has 0 fully saturated rings. The predicted molar refractivity (Wildman–Crippen MR) is 270 cm³/mol. The normalized spacial score (nSPS) is 12.1. The van der Waals surface area contributed by atoms with Crippen LogP contribution in [0.4, 0.5) is 0 Å². The Morgan fingerprint density at radius 1 is 0.302 bits per heavy atom. The number of ether oxygens (including phenoxy) is 3. The molecule has 0 bridgehead atoms. The third kappa shape index (κ3) is 50.7. The molecule has 0 aliphatic rings. The molecule has 6 heteroatoms. The van der Waals surface area contributed by atoms with Crippen molar-refractivity contribution in [3.8, 4) is 0 Å². The number of carbonyl (C=O) groups excluding carboxylic acids is 3. The Bertz CT molecular complexity index is 1020. The van der Waals surface area contributed by atoms with E-state index < -0.39 is 6.10 Å². The van der Waals surface area contributed by atoms with E-state index in [1.54, 1.807) is 0 Å². The first kappa shape index (κ1) is 60.9. The average molecular weight is 887 g/mol. The Hall–Kier alpha value is -2.11. The van der Waals surface area contributed by atoms with E-state index in [0.717, 1.165) is 70.6 Å². The zero-order valence-electron chi connectivity index (χ0n) is 42.4. The lowest BCUT2D eigenvalue weighted by molar-refractivity contribution is -0.167. The molecule has 0 N–H and O–H groups in total. The van der Waals surface area contributed by atoms with Gasteiger partial charge in [-0.2, -0.15) is 0 Å². The van der Waals surface area contributed by atoms with E-state index in [1.165, 1.54) is 193 Å². The van der Waals surface area contributed by atoms with Crippen LogP contribution in [0.3, 0.4) is 0 Å². The molecule has 63 heavy (non-hydrogen) atoms. The number of esters is 3. The molecule has 0 aromatic carbocycles. The Kier molecular flexibility index (Phi) is 50.8. The molecule has 0 radical (unpaired) electrons. The van der Waals surface area contributed by atoms with Crippen LogP contribution >= 0.6 is 0 Å². The second-order valence-electron chi connectivity index (χ2n) is 18.8. The molecule has 0 rings (SSSR count). The number of hydrogen-bond donors (Lipinski definition) is 0. The molecule has 0 amide bonds. The van der Waals surface area contributed by atoms with Crippen LogP contribution < -0.4 is 0 Å². The summed E-state index contributed by atoms with van der Waals surface area (Å²) < 4.78 is 16.8. The van der Waals surface area contributed by atoms with Crippen molar-refractivity contribution in [1.82, 2.24) is 0 Å². The van der Waals surface area contributed by atoms with Crippen LogP contribution in [0, 0.1) is 0 Å². The van der Waals surface area contributed by atoms with E-state index in [9.17, 15) is 14.4 Å². The molecule has 0 aromatic heterocycles. The molecule has 0 spiro atoms. The van der Waals surface area contributed by atoms with Crippen LogP contribution in [0.25, 0.3) is 0 Å². The van der Waals surface area contributed by atoms with Crippen molar-refractivity contribution in [2.24, 2.45) is 0 Å². The zero-order valence-corrected chi connectivity index (χ0v) is 42.4. The molecule has 6 nitrogen and oxygen atoms in total. The smallest absolute Gasteiger partial charge is 0.306 e. The van der Waals surface area contributed by atoms with Gasteiger partial charge in [0, 0.05) is 19.3 Å². The minimum Gasteiger partial charge on any atom is -0.462 e. The molecule has 0 aliphatic carbocycles. The van der Waals surface area contributed by atoms with E-state index in [2.05, 4.69) is 45.1 Å². The molecular formula is C57H106O6. The Labute approximate surface area is 392 Å². The first-order valence-electron chi connectivity index (χ1n) is 27.8. The van der Waals surface area contributed by atoms with Gasteiger partial charge in [-0.1, -0.05) is 244 Å². The van der Waals surface area contributed by atoms with Gasteiger partial charge in [0.05, 0.1) is 0 Å². The van der Waals surface area contributed by atoms with E-state index in [1.807, 2.05) is 0 Å². The van der Waals surface area contributed by atoms with Crippen molar-refractivity contribution in [3.63, 3.8) is 0 Å². The van der Waals surface area contributed by atoms with Gasteiger partial charge in [-0.25, -0.2) is 0 Å². The number of rotatable bonds is 51. The summed E-state index contributed by atoms with van der Waals surface area (Å²) in [6.45, 7) is 6.61. The summed E-state index contributed by atoms with van der Waals surface area (Å²) in [5.41, 5.74) is 0. The van der Waals surface area contributed by atoms with E-state index in [-0.39, 0.29) is 31.1 Å². The molecule has 0 heterocycles. The summed E-state index contributed by atoms with van der Waals surface area (Å²) in [5, 5.41) is 0. The number of carbonyl (C=O) groups is 3. The van der Waals surface area contributed by atoms with Crippen molar-refractivity contribution in [2.45, 2.75) is 309 Å². The number of hydrogen-bond acceptors (Lipinski definition) is 6. The minimum absolute atomic E-state index is 0.0746. The second kappa shape index (κ2) is 52.5. The molecule has 0 aromatic rings. The van der Waals surface area contributed by atoms with Crippen molar-refractivity contribution < 1.29 is 28.6 Å². The Morgan fingerprint density at radius 3 is 0.857 bits per heavy atom. The van der Waals surface area contributed by atoms with E-state index in [4.69, 9.17) is 14.2 Å². The molecular weight excluding hydrogens is 781 g/mol. The highest BCUT2D eigenvalue weighted by atomic mass is 16.6. The highest BCUT2D eigenvalue weighted by Gasteiger charge is 2.19. The fraction of sp³-hybridized carbons (Fsp3) is 0.877. The van der Waals surface area contributed by atoms with Crippen LogP contribution in [-0.4, -0.2) is 37.2 Å². The SMILES string of the molecule is CCCC/C=C\CCCCCCCC(=O)OC[C@@H](COC(=O)CCCCCCC/C=C\CCCCCC)OC(=O)CCCCCCCCCCCCCCCCCCCCCCC. The second-order valence-corrected chi connectivity index (χ2v) is 18.8. The maximum absolute atomic E-state index is 12.8. The largest absolute Gasteiger partial charge is 0.462 e. The van der Waals surface area contributed by atoms with Crippen molar-refractivity contribution >= 4 is 17.9 Å². The first-order chi connectivity index (χ1) is 31.0. The zero-order chi connectivity index (χ0) is 45.8. The molecule has 0 unspecified atom stereocenters. The topological polar surface area (TPSA) is 78.9 Å². The summed E-state index contributed by atoms with van der Waals surface area (Å²) in [6, 6.07) is 0. The predicted octanol–water partition coefficient (Wildman–Crippen LogP) is 18.3. The summed E-state index contributed by atoms with van der Waals surface area (Å²) in [7, 11) is 0. The highest BCUT2D eigenvalue weighted by Crippen LogP contribution is 2.17. The van der Waals surface area contributed by atoms with Gasteiger partial charge in [0.1, 0.15) is 13.2 Å². The van der Waals surface area contributed by atoms with Crippen LogP contribution in [0.5, 0.6) is 0 Å². The molecule has 0 saturated carbocycles. The average Bonchev–Trinajstić information content (AvgIpc) is 3.28. The van der Waals surface area contributed by atoms with Crippen LogP contribution in [0.2, 0.25) is 0 Å². The van der Waals surface area contributed by atoms with Gasteiger partial charge in [-0.3, -0.25) is 14.4 Å². The Balaban J connectivity index is 4.26. The number of allylic oxidation sites excluding steroid dienone is 4. The third-order valence-electron chi connectivity index (χ3n) is 12.4. The molecule has 370 valence electrons. The van der Waals surface area contributed by atoms with Crippen molar-refractivity contribution in [1.29, 1.82) is 0 Å². The lowest BCUT2D eigenvalue weighted by atomic mass is 10.0. The van der Waals surface area contributed by atoms with Gasteiger partial charge >= 0.3 is 17.9 Å². The van der Waals surface area contributed by atoms with Crippen molar-refractivity contribution in [3.05, 3.63) is 24.3 Å². The van der Waals surface area contributed by atoms with Gasteiger partial charge in [0.2, 0.25) is 0 Å². The summed E-state index contributed by atoms with van der Waals surface area (Å²) >= 11 is 0. The fourth-order valence-corrected chi connectivity index (χ4v) is 8.18. The van der Waals surface area contributed by atoms with Gasteiger partial charge < -0.3 is 14.2 Å². The number of unbranched alkanes of at least 4 members (excludes halogenated alkanes) is 36. The highest BCUT2D eigenvalue weighted by molar-refractivity contribution is 5.71. The Morgan fingerprint density at radius 2 is 0.540 bits per heavy atom. The first-order valence-corrected chi connectivity index (χ1v) is 27.8.